The number of carbonyl (C=O) groups is 3. The van der Waals surface area contributed by atoms with Crippen LogP contribution in [0.15, 0.2) is 54.6 Å². The predicted molar refractivity (Wildman–Crippen MR) is 109 cm³/mol. The molecule has 1 aliphatic heterocycles. The highest BCUT2D eigenvalue weighted by atomic mass is 16.5. The van der Waals surface area contributed by atoms with Crippen LogP contribution in [0.25, 0.3) is 0 Å². The molecule has 6 heteroatoms. The highest BCUT2D eigenvalue weighted by molar-refractivity contribution is 5.95. The molecule has 0 aliphatic carbocycles. The lowest BCUT2D eigenvalue weighted by molar-refractivity contribution is -0.149. The van der Waals surface area contributed by atoms with E-state index in [0.717, 1.165) is 5.56 Å². The first-order valence-corrected chi connectivity index (χ1v) is 9.96. The zero-order valence-corrected chi connectivity index (χ0v) is 16.6. The van der Waals surface area contributed by atoms with Crippen molar-refractivity contribution in [2.75, 3.05) is 19.7 Å². The summed E-state index contributed by atoms with van der Waals surface area (Å²) in [5.41, 5.74) is 2.15. The minimum atomic E-state index is -0.165. The van der Waals surface area contributed by atoms with Crippen LogP contribution >= 0.6 is 0 Å². The van der Waals surface area contributed by atoms with Crippen LogP contribution in [0.1, 0.15) is 46.0 Å². The van der Waals surface area contributed by atoms with Gasteiger partial charge in [-0.25, -0.2) is 0 Å². The molecule has 0 radical (unpaired) electrons. The Bertz CT molecular complexity index is 841. The number of benzene rings is 2. The number of piperidine rings is 1. The monoisotopic (exact) mass is 394 g/mol. The van der Waals surface area contributed by atoms with Gasteiger partial charge in [-0.05, 0) is 49.6 Å². The molecule has 2 aromatic carbocycles. The second kappa shape index (κ2) is 9.87. The zero-order valence-electron chi connectivity index (χ0n) is 16.6. The van der Waals surface area contributed by atoms with E-state index in [0.29, 0.717) is 50.2 Å². The smallest absolute Gasteiger partial charge is 0.309 e. The molecule has 0 spiro atoms. The third-order valence-corrected chi connectivity index (χ3v) is 5.09. The lowest BCUT2D eigenvalue weighted by Gasteiger charge is -2.31. The molecule has 1 N–H and O–H groups in total. The number of nitrogens with one attached hydrogen (secondary N) is 1. The normalized spacial score (nSPS) is 14.3. The number of ether oxygens (including phenoxy) is 1. The van der Waals surface area contributed by atoms with Crippen molar-refractivity contribution in [3.63, 3.8) is 0 Å². The van der Waals surface area contributed by atoms with Gasteiger partial charge in [0.2, 0.25) is 0 Å². The Morgan fingerprint density at radius 1 is 0.966 bits per heavy atom. The van der Waals surface area contributed by atoms with Crippen molar-refractivity contribution in [1.29, 1.82) is 0 Å². The Morgan fingerprint density at radius 3 is 2.24 bits per heavy atom. The Morgan fingerprint density at radius 2 is 1.62 bits per heavy atom. The molecule has 29 heavy (non-hydrogen) atoms. The maximum atomic E-state index is 12.7. The first-order valence-electron chi connectivity index (χ1n) is 9.96. The fourth-order valence-electron chi connectivity index (χ4n) is 3.40. The summed E-state index contributed by atoms with van der Waals surface area (Å²) in [7, 11) is 0. The van der Waals surface area contributed by atoms with Crippen molar-refractivity contribution in [3.8, 4) is 0 Å². The van der Waals surface area contributed by atoms with E-state index in [1.165, 1.54) is 0 Å². The predicted octanol–water partition coefficient (Wildman–Crippen LogP) is 3.03. The van der Waals surface area contributed by atoms with E-state index in [-0.39, 0.29) is 23.7 Å². The number of likely N-dealkylation sites (tertiary alicyclic amines) is 1. The van der Waals surface area contributed by atoms with Crippen molar-refractivity contribution in [2.45, 2.75) is 26.3 Å². The fraction of sp³-hybridized carbons (Fsp3) is 0.348. The highest BCUT2D eigenvalue weighted by Crippen LogP contribution is 2.20. The Hall–Kier alpha value is -3.15. The molecule has 2 aromatic rings. The summed E-state index contributed by atoms with van der Waals surface area (Å²) >= 11 is 0. The zero-order chi connectivity index (χ0) is 20.6. The van der Waals surface area contributed by atoms with Gasteiger partial charge < -0.3 is 15.0 Å². The van der Waals surface area contributed by atoms with E-state index in [9.17, 15) is 14.4 Å². The standard InChI is InChI=1S/C23H26N2O4/c1-2-29-23(28)20-12-14-25(15-13-20)22(27)19-10-8-17(9-11-19)16-24-21(26)18-6-4-3-5-7-18/h3-11,20H,2,12-16H2,1H3,(H,24,26). The first-order chi connectivity index (χ1) is 14.1. The fourth-order valence-corrected chi connectivity index (χ4v) is 3.40. The molecule has 0 saturated carbocycles. The topological polar surface area (TPSA) is 75.7 Å². The molecule has 0 aromatic heterocycles. The average Bonchev–Trinajstić information content (AvgIpc) is 2.78. The van der Waals surface area contributed by atoms with Gasteiger partial charge in [0.05, 0.1) is 12.5 Å². The molecule has 0 unspecified atom stereocenters. The third kappa shape index (κ3) is 5.44. The van der Waals surface area contributed by atoms with Crippen LogP contribution in [-0.4, -0.2) is 42.4 Å². The van der Waals surface area contributed by atoms with E-state index in [1.807, 2.05) is 30.3 Å². The second-order valence-corrected chi connectivity index (χ2v) is 7.06. The number of carbonyl (C=O) groups excluding carboxylic acids is 3. The first kappa shape index (κ1) is 20.6. The minimum absolute atomic E-state index is 0.0350. The summed E-state index contributed by atoms with van der Waals surface area (Å²) in [5, 5.41) is 2.87. The highest BCUT2D eigenvalue weighted by Gasteiger charge is 2.28. The Kier molecular flexibility index (Phi) is 7.00. The lowest BCUT2D eigenvalue weighted by atomic mass is 9.96. The van der Waals surface area contributed by atoms with Crippen LogP contribution in [0.3, 0.4) is 0 Å². The van der Waals surface area contributed by atoms with Gasteiger partial charge in [-0.3, -0.25) is 14.4 Å². The number of rotatable bonds is 6. The maximum absolute atomic E-state index is 12.7. The molecule has 2 amide bonds. The number of amides is 2. The van der Waals surface area contributed by atoms with Crippen LogP contribution in [0, 0.1) is 5.92 Å². The molecule has 1 heterocycles. The maximum Gasteiger partial charge on any atom is 0.309 e. The summed E-state index contributed by atoms with van der Waals surface area (Å²) in [5.74, 6) is -0.446. The molecule has 0 atom stereocenters. The van der Waals surface area contributed by atoms with Gasteiger partial charge in [0.15, 0.2) is 0 Å². The number of nitrogens with zero attached hydrogens (tertiary/aromatic N) is 1. The van der Waals surface area contributed by atoms with E-state index in [2.05, 4.69) is 5.32 Å². The lowest BCUT2D eigenvalue weighted by Crippen LogP contribution is -2.40. The molecule has 3 rings (SSSR count). The average molecular weight is 394 g/mol. The molecule has 1 fully saturated rings. The van der Waals surface area contributed by atoms with Crippen LogP contribution in [0.2, 0.25) is 0 Å². The summed E-state index contributed by atoms with van der Waals surface area (Å²) in [4.78, 5) is 38.4. The third-order valence-electron chi connectivity index (χ3n) is 5.09. The van der Waals surface area contributed by atoms with Gasteiger partial charge >= 0.3 is 5.97 Å². The summed E-state index contributed by atoms with van der Waals surface area (Å²) < 4.78 is 5.07. The summed E-state index contributed by atoms with van der Waals surface area (Å²) in [6.07, 6.45) is 1.27. The Balaban J connectivity index is 1.50. The van der Waals surface area contributed by atoms with E-state index < -0.39 is 0 Å². The molecule has 152 valence electrons. The second-order valence-electron chi connectivity index (χ2n) is 7.06. The van der Waals surface area contributed by atoms with Gasteiger partial charge in [0.1, 0.15) is 0 Å². The molecule has 6 nitrogen and oxygen atoms in total. The molecule has 0 bridgehead atoms. The van der Waals surface area contributed by atoms with Crippen molar-refractivity contribution in [2.24, 2.45) is 5.92 Å². The molecule has 1 aliphatic rings. The van der Waals surface area contributed by atoms with Crippen LogP contribution < -0.4 is 5.32 Å². The van der Waals surface area contributed by atoms with Crippen molar-refractivity contribution in [1.82, 2.24) is 10.2 Å². The summed E-state index contributed by atoms with van der Waals surface area (Å²) in [6.45, 7) is 3.69. The van der Waals surface area contributed by atoms with Gasteiger partial charge in [-0.2, -0.15) is 0 Å². The number of hydrogen-bond donors (Lipinski definition) is 1. The van der Waals surface area contributed by atoms with Crippen molar-refractivity contribution in [3.05, 3.63) is 71.3 Å². The van der Waals surface area contributed by atoms with E-state index >= 15 is 0 Å². The molecule has 1 saturated heterocycles. The van der Waals surface area contributed by atoms with E-state index in [1.54, 1.807) is 36.1 Å². The Labute approximate surface area is 170 Å². The van der Waals surface area contributed by atoms with Crippen molar-refractivity contribution >= 4 is 17.8 Å². The van der Waals surface area contributed by atoms with Crippen molar-refractivity contribution < 1.29 is 19.1 Å². The van der Waals surface area contributed by atoms with E-state index in [4.69, 9.17) is 4.74 Å². The minimum Gasteiger partial charge on any atom is -0.466 e. The molecular weight excluding hydrogens is 368 g/mol. The van der Waals surface area contributed by atoms with Crippen LogP contribution in [-0.2, 0) is 16.1 Å². The SMILES string of the molecule is CCOC(=O)C1CCN(C(=O)c2ccc(CNC(=O)c3ccccc3)cc2)CC1. The summed E-state index contributed by atoms with van der Waals surface area (Å²) in [6, 6.07) is 16.3. The molecular formula is C23H26N2O4. The van der Waals surface area contributed by atoms with Gasteiger partial charge in [0, 0.05) is 30.8 Å². The quantitative estimate of drug-likeness (QED) is 0.764. The number of hydrogen-bond acceptors (Lipinski definition) is 4. The van der Waals surface area contributed by atoms with Gasteiger partial charge in [-0.1, -0.05) is 30.3 Å². The van der Waals surface area contributed by atoms with Crippen LogP contribution in [0.4, 0.5) is 0 Å². The largest absolute Gasteiger partial charge is 0.466 e. The van der Waals surface area contributed by atoms with Gasteiger partial charge in [-0.15, -0.1) is 0 Å². The number of esters is 1. The van der Waals surface area contributed by atoms with Crippen LogP contribution in [0.5, 0.6) is 0 Å². The van der Waals surface area contributed by atoms with Gasteiger partial charge in [0.25, 0.3) is 11.8 Å².